The third kappa shape index (κ3) is 7.62. The molecule has 0 unspecified atom stereocenters. The van der Waals surface area contributed by atoms with Gasteiger partial charge in [-0.3, -0.25) is 4.99 Å². The van der Waals surface area contributed by atoms with Gasteiger partial charge in [-0.15, -0.1) is 0 Å². The van der Waals surface area contributed by atoms with Crippen LogP contribution in [0.15, 0.2) is 29.3 Å². The van der Waals surface area contributed by atoms with E-state index in [-0.39, 0.29) is 0 Å². The number of rotatable bonds is 8. The van der Waals surface area contributed by atoms with E-state index < -0.39 is 0 Å². The molecule has 2 N–H and O–H groups in total. The molecule has 0 spiro atoms. The Labute approximate surface area is 158 Å². The smallest absolute Gasteiger partial charge is 0.190 e. The summed E-state index contributed by atoms with van der Waals surface area (Å²) in [5.41, 5.74) is 1.29. The first-order chi connectivity index (χ1) is 12.7. The highest BCUT2D eigenvalue weighted by Gasteiger charge is 2.11. The van der Waals surface area contributed by atoms with Crippen molar-refractivity contribution in [2.45, 2.75) is 19.3 Å². The van der Waals surface area contributed by atoms with Crippen molar-refractivity contribution < 1.29 is 4.74 Å². The second-order valence-electron chi connectivity index (χ2n) is 6.88. The fourth-order valence-corrected chi connectivity index (χ4v) is 3.17. The molecule has 1 aromatic rings. The van der Waals surface area contributed by atoms with E-state index in [1.54, 1.807) is 7.11 Å². The van der Waals surface area contributed by atoms with Gasteiger partial charge in [-0.1, -0.05) is 12.1 Å². The summed E-state index contributed by atoms with van der Waals surface area (Å²) in [4.78, 5) is 9.31. The summed E-state index contributed by atoms with van der Waals surface area (Å²) >= 11 is 0. The van der Waals surface area contributed by atoms with Crippen LogP contribution in [0.3, 0.4) is 0 Å². The second-order valence-corrected chi connectivity index (χ2v) is 6.88. The number of nitrogens with zero attached hydrogens (tertiary/aromatic N) is 3. The molecule has 26 heavy (non-hydrogen) atoms. The monoisotopic (exact) mass is 361 g/mol. The summed E-state index contributed by atoms with van der Waals surface area (Å²) in [6.45, 7) is 7.79. The number of likely N-dealkylation sites (N-methyl/N-ethyl adjacent to an activating group) is 1. The summed E-state index contributed by atoms with van der Waals surface area (Å²) in [7, 11) is 5.73. The van der Waals surface area contributed by atoms with Gasteiger partial charge in [0.15, 0.2) is 5.96 Å². The Balaban J connectivity index is 1.58. The van der Waals surface area contributed by atoms with Crippen molar-refractivity contribution in [3.8, 4) is 5.75 Å². The van der Waals surface area contributed by atoms with Gasteiger partial charge < -0.3 is 25.2 Å². The number of aliphatic imine (C=N–C) groups is 1. The zero-order chi connectivity index (χ0) is 18.6. The average molecular weight is 362 g/mol. The average Bonchev–Trinajstić information content (AvgIpc) is 2.88. The zero-order valence-electron chi connectivity index (χ0n) is 16.6. The number of nitrogens with one attached hydrogen (secondary N) is 2. The fraction of sp³-hybridized carbons (Fsp3) is 0.650. The Morgan fingerprint density at radius 2 is 1.85 bits per heavy atom. The third-order valence-electron chi connectivity index (χ3n) is 4.84. The van der Waals surface area contributed by atoms with Crippen LogP contribution in [-0.4, -0.2) is 82.8 Å². The highest BCUT2D eigenvalue weighted by atomic mass is 16.5. The van der Waals surface area contributed by atoms with E-state index in [2.05, 4.69) is 44.6 Å². The van der Waals surface area contributed by atoms with Crippen LogP contribution in [0.25, 0.3) is 0 Å². The van der Waals surface area contributed by atoms with Gasteiger partial charge in [0.2, 0.25) is 0 Å². The van der Waals surface area contributed by atoms with Crippen molar-refractivity contribution in [2.75, 3.05) is 67.0 Å². The molecule has 0 amide bonds. The lowest BCUT2D eigenvalue weighted by atomic mass is 10.1. The molecule has 0 radical (unpaired) electrons. The normalized spacial score (nSPS) is 17.0. The molecule has 0 atom stereocenters. The highest BCUT2D eigenvalue weighted by Crippen LogP contribution is 2.11. The third-order valence-corrected chi connectivity index (χ3v) is 4.84. The number of benzene rings is 1. The van der Waals surface area contributed by atoms with Gasteiger partial charge in [-0.2, -0.15) is 0 Å². The SMILES string of the molecule is CN=C(NCCCN1CCCN(C)CC1)NCCc1ccc(OC)cc1. The van der Waals surface area contributed by atoms with Gasteiger partial charge in [0, 0.05) is 33.2 Å². The van der Waals surface area contributed by atoms with Crippen LogP contribution in [0.2, 0.25) is 0 Å². The Morgan fingerprint density at radius 1 is 1.08 bits per heavy atom. The Hall–Kier alpha value is -1.79. The Morgan fingerprint density at radius 3 is 2.58 bits per heavy atom. The van der Waals surface area contributed by atoms with Crippen LogP contribution in [0.5, 0.6) is 5.75 Å². The molecule has 1 saturated heterocycles. The molecule has 1 aromatic carbocycles. The van der Waals surface area contributed by atoms with E-state index in [4.69, 9.17) is 4.74 Å². The maximum absolute atomic E-state index is 5.19. The van der Waals surface area contributed by atoms with E-state index >= 15 is 0 Å². The Kier molecular flexibility index (Phi) is 9.28. The van der Waals surface area contributed by atoms with Crippen LogP contribution >= 0.6 is 0 Å². The molecular weight excluding hydrogens is 326 g/mol. The molecule has 1 aliphatic rings. The minimum absolute atomic E-state index is 0.866. The van der Waals surface area contributed by atoms with Crippen molar-refractivity contribution in [1.29, 1.82) is 0 Å². The number of hydrogen-bond acceptors (Lipinski definition) is 4. The lowest BCUT2D eigenvalue weighted by Gasteiger charge is -2.20. The largest absolute Gasteiger partial charge is 0.497 e. The molecule has 2 rings (SSSR count). The molecule has 1 fully saturated rings. The number of hydrogen-bond donors (Lipinski definition) is 2. The van der Waals surface area contributed by atoms with Crippen LogP contribution < -0.4 is 15.4 Å². The summed E-state index contributed by atoms with van der Waals surface area (Å²) in [6.07, 6.45) is 3.38. The van der Waals surface area contributed by atoms with Crippen LogP contribution in [0, 0.1) is 0 Å². The molecule has 0 saturated carbocycles. The van der Waals surface area contributed by atoms with Crippen molar-refractivity contribution in [1.82, 2.24) is 20.4 Å². The first-order valence-electron chi connectivity index (χ1n) is 9.69. The summed E-state index contributed by atoms with van der Waals surface area (Å²) in [5.74, 6) is 1.78. The molecule has 146 valence electrons. The molecule has 6 heteroatoms. The van der Waals surface area contributed by atoms with Crippen LogP contribution in [0.1, 0.15) is 18.4 Å². The maximum atomic E-state index is 5.19. The van der Waals surface area contributed by atoms with Gasteiger partial charge in [-0.05, 0) is 63.6 Å². The first kappa shape index (κ1) is 20.5. The number of guanidine groups is 1. The molecule has 0 aliphatic carbocycles. The van der Waals surface area contributed by atoms with Gasteiger partial charge in [-0.25, -0.2) is 0 Å². The van der Waals surface area contributed by atoms with E-state index in [0.29, 0.717) is 0 Å². The minimum Gasteiger partial charge on any atom is -0.497 e. The van der Waals surface area contributed by atoms with Crippen LogP contribution in [0.4, 0.5) is 0 Å². The van der Waals surface area contributed by atoms with Crippen molar-refractivity contribution in [3.05, 3.63) is 29.8 Å². The first-order valence-corrected chi connectivity index (χ1v) is 9.69. The standard InChI is InChI=1S/C20H35N5O/c1-21-20(23-12-10-18-6-8-19(26-3)9-7-18)22-11-4-14-25-15-5-13-24(2)16-17-25/h6-9H,4-5,10-17H2,1-3H3,(H2,21,22,23). The predicted octanol–water partition coefficient (Wildman–Crippen LogP) is 1.43. The quantitative estimate of drug-likeness (QED) is 0.417. The lowest BCUT2D eigenvalue weighted by molar-refractivity contribution is 0.274. The molecule has 1 heterocycles. The summed E-state index contributed by atoms with van der Waals surface area (Å²) < 4.78 is 5.19. The lowest BCUT2D eigenvalue weighted by Crippen LogP contribution is -2.39. The zero-order valence-corrected chi connectivity index (χ0v) is 16.6. The second kappa shape index (κ2) is 11.8. The van der Waals surface area contributed by atoms with Crippen molar-refractivity contribution in [2.24, 2.45) is 4.99 Å². The Bertz CT molecular complexity index is 532. The number of methoxy groups -OCH3 is 1. The van der Waals surface area contributed by atoms with E-state index in [1.807, 2.05) is 19.2 Å². The topological polar surface area (TPSA) is 52.1 Å². The van der Waals surface area contributed by atoms with E-state index in [1.165, 1.54) is 38.2 Å². The minimum atomic E-state index is 0.866. The molecule has 6 nitrogen and oxygen atoms in total. The van der Waals surface area contributed by atoms with Gasteiger partial charge in [0.1, 0.15) is 5.75 Å². The molecule has 0 bridgehead atoms. The predicted molar refractivity (Wildman–Crippen MR) is 109 cm³/mol. The van der Waals surface area contributed by atoms with Crippen LogP contribution in [-0.2, 0) is 6.42 Å². The summed E-state index contributed by atoms with van der Waals surface area (Å²) in [5, 5.41) is 6.81. The van der Waals surface area contributed by atoms with E-state index in [9.17, 15) is 0 Å². The fourth-order valence-electron chi connectivity index (χ4n) is 3.17. The number of ether oxygens (including phenoxy) is 1. The van der Waals surface area contributed by atoms with Gasteiger partial charge in [0.25, 0.3) is 0 Å². The maximum Gasteiger partial charge on any atom is 0.190 e. The highest BCUT2D eigenvalue weighted by molar-refractivity contribution is 5.79. The molecular formula is C20H35N5O. The van der Waals surface area contributed by atoms with Crippen molar-refractivity contribution in [3.63, 3.8) is 0 Å². The van der Waals surface area contributed by atoms with Gasteiger partial charge in [0.05, 0.1) is 7.11 Å². The van der Waals surface area contributed by atoms with Crippen molar-refractivity contribution >= 4 is 5.96 Å². The molecule has 1 aliphatic heterocycles. The van der Waals surface area contributed by atoms with Gasteiger partial charge >= 0.3 is 0 Å². The van der Waals surface area contributed by atoms with E-state index in [0.717, 1.165) is 44.2 Å². The molecule has 0 aromatic heterocycles. The summed E-state index contributed by atoms with van der Waals surface area (Å²) in [6, 6.07) is 8.22.